The Hall–Kier alpha value is -1.93. The van der Waals surface area contributed by atoms with Crippen LogP contribution in [0.2, 0.25) is 0 Å². The Labute approximate surface area is 146 Å². The third-order valence-corrected chi connectivity index (χ3v) is 7.01. The number of hydrogen-bond donors (Lipinski definition) is 1. The van der Waals surface area contributed by atoms with Crippen molar-refractivity contribution in [3.63, 3.8) is 0 Å². The number of carboxylic acids is 1. The van der Waals surface area contributed by atoms with Crippen molar-refractivity contribution in [2.45, 2.75) is 18.2 Å². The molecule has 2 heterocycles. The summed E-state index contributed by atoms with van der Waals surface area (Å²) in [7, 11) is -3.32. The molecule has 0 aliphatic carbocycles. The zero-order valence-corrected chi connectivity index (χ0v) is 14.8. The van der Waals surface area contributed by atoms with Crippen LogP contribution in [-0.2, 0) is 19.4 Å². The van der Waals surface area contributed by atoms with E-state index >= 15 is 0 Å². The second-order valence-electron chi connectivity index (χ2n) is 6.60. The van der Waals surface area contributed by atoms with Crippen molar-refractivity contribution in [2.24, 2.45) is 11.3 Å². The van der Waals surface area contributed by atoms with Crippen LogP contribution in [0.3, 0.4) is 0 Å². The number of carboxylic acid groups (broad SMARTS) is 1. The molecule has 1 aromatic carbocycles. The number of aliphatic carboxylic acids is 1. The molecule has 0 bridgehead atoms. The van der Waals surface area contributed by atoms with Crippen molar-refractivity contribution in [2.75, 3.05) is 32.1 Å². The zero-order chi connectivity index (χ0) is 18.2. The van der Waals surface area contributed by atoms with Crippen LogP contribution in [0, 0.1) is 11.3 Å². The van der Waals surface area contributed by atoms with Crippen LogP contribution in [0.5, 0.6) is 0 Å². The molecule has 136 valence electrons. The summed E-state index contributed by atoms with van der Waals surface area (Å²) >= 11 is 0. The highest BCUT2D eigenvalue weighted by Gasteiger charge is 2.54. The Morgan fingerprint density at radius 2 is 2.00 bits per heavy atom. The van der Waals surface area contributed by atoms with Gasteiger partial charge in [-0.1, -0.05) is 6.92 Å². The molecule has 2 aliphatic heterocycles. The number of ether oxygens (including phenoxy) is 1. The highest BCUT2D eigenvalue weighted by Crippen LogP contribution is 2.42. The van der Waals surface area contributed by atoms with Gasteiger partial charge in [0.1, 0.15) is 0 Å². The summed E-state index contributed by atoms with van der Waals surface area (Å²) < 4.78 is 29.1. The predicted molar refractivity (Wildman–Crippen MR) is 89.1 cm³/mol. The Morgan fingerprint density at radius 1 is 1.32 bits per heavy atom. The molecule has 0 unspecified atom stereocenters. The van der Waals surface area contributed by atoms with Crippen molar-refractivity contribution in [1.29, 1.82) is 0 Å². The summed E-state index contributed by atoms with van der Waals surface area (Å²) in [6, 6.07) is 5.81. The van der Waals surface area contributed by atoms with E-state index < -0.39 is 21.2 Å². The van der Waals surface area contributed by atoms with Crippen LogP contribution >= 0.6 is 0 Å². The summed E-state index contributed by atoms with van der Waals surface area (Å²) in [5.74, 6) is -1.40. The lowest BCUT2D eigenvalue weighted by molar-refractivity contribution is -0.157. The maximum absolute atomic E-state index is 12.7. The second kappa shape index (κ2) is 6.42. The number of hydrogen-bond acceptors (Lipinski definition) is 5. The first-order valence-corrected chi connectivity index (χ1v) is 9.88. The molecule has 2 fully saturated rings. The number of nitrogens with zero attached hydrogens (tertiary/aromatic N) is 1. The van der Waals surface area contributed by atoms with Crippen molar-refractivity contribution < 1.29 is 27.9 Å². The Balaban J connectivity index is 1.81. The van der Waals surface area contributed by atoms with Gasteiger partial charge < -0.3 is 14.7 Å². The van der Waals surface area contributed by atoms with E-state index in [-0.39, 0.29) is 29.0 Å². The fraction of sp³-hybridized carbons (Fsp3) is 0.529. The third-order valence-electron chi connectivity index (χ3n) is 5.26. The molecule has 0 saturated carbocycles. The maximum atomic E-state index is 12.7. The van der Waals surface area contributed by atoms with Gasteiger partial charge >= 0.3 is 5.97 Å². The van der Waals surface area contributed by atoms with Gasteiger partial charge in [0.25, 0.3) is 5.91 Å². The van der Waals surface area contributed by atoms with Gasteiger partial charge in [0, 0.05) is 31.2 Å². The normalized spacial score (nSPS) is 26.3. The number of amides is 1. The van der Waals surface area contributed by atoms with Crippen molar-refractivity contribution in [1.82, 2.24) is 4.90 Å². The molecular weight excluding hydrogens is 346 g/mol. The largest absolute Gasteiger partial charge is 0.481 e. The zero-order valence-electron chi connectivity index (χ0n) is 14.0. The van der Waals surface area contributed by atoms with E-state index in [4.69, 9.17) is 4.74 Å². The SMILES string of the molecule is CCS(=O)(=O)c1ccc(C(=O)N2C[C@H]3COCC[C@@]3(C(=O)O)C2)cc1. The standard InChI is InChI=1S/C17H21NO6S/c1-2-25(22,23)14-5-3-12(4-6-14)15(19)18-9-13-10-24-8-7-17(13,11-18)16(20)21/h3-6,13H,2,7-11H2,1H3,(H,20,21)/t13-,17+/m0/s1. The topological polar surface area (TPSA) is 101 Å². The Morgan fingerprint density at radius 3 is 2.56 bits per heavy atom. The lowest BCUT2D eigenvalue weighted by atomic mass is 9.74. The number of sulfone groups is 1. The molecule has 0 spiro atoms. The van der Waals surface area contributed by atoms with Gasteiger partial charge in [-0.2, -0.15) is 0 Å². The molecule has 0 aromatic heterocycles. The molecule has 8 heteroatoms. The molecule has 25 heavy (non-hydrogen) atoms. The molecule has 7 nitrogen and oxygen atoms in total. The summed E-state index contributed by atoms with van der Waals surface area (Å²) in [6.45, 7) is 2.77. The van der Waals surface area contributed by atoms with Crippen molar-refractivity contribution in [3.8, 4) is 0 Å². The van der Waals surface area contributed by atoms with Crippen LogP contribution in [0.25, 0.3) is 0 Å². The van der Waals surface area contributed by atoms with Gasteiger partial charge in [0.05, 0.1) is 22.7 Å². The highest BCUT2D eigenvalue weighted by atomic mass is 32.2. The number of carbonyl (C=O) groups is 2. The molecule has 3 rings (SSSR count). The Kier molecular flexibility index (Phi) is 4.59. The summed E-state index contributed by atoms with van der Waals surface area (Å²) in [6.07, 6.45) is 0.393. The third kappa shape index (κ3) is 3.04. The van der Waals surface area contributed by atoms with E-state index in [0.29, 0.717) is 31.7 Å². The van der Waals surface area contributed by atoms with Gasteiger partial charge in [-0.3, -0.25) is 9.59 Å². The lowest BCUT2D eigenvalue weighted by Crippen LogP contribution is -2.45. The number of carbonyl (C=O) groups excluding carboxylic acids is 1. The number of fused-ring (bicyclic) bond motifs is 1. The molecule has 2 atom stereocenters. The first kappa shape index (κ1) is 17.9. The molecule has 1 N–H and O–H groups in total. The van der Waals surface area contributed by atoms with Gasteiger partial charge in [0.2, 0.25) is 0 Å². The van der Waals surface area contributed by atoms with Crippen molar-refractivity contribution in [3.05, 3.63) is 29.8 Å². The fourth-order valence-electron chi connectivity index (χ4n) is 3.61. The van der Waals surface area contributed by atoms with Crippen LogP contribution in [0.15, 0.2) is 29.2 Å². The summed E-state index contributed by atoms with van der Waals surface area (Å²) in [4.78, 5) is 26.2. The summed E-state index contributed by atoms with van der Waals surface area (Å²) in [5.41, 5.74) is -0.588. The van der Waals surface area contributed by atoms with Gasteiger partial charge in [-0.05, 0) is 30.7 Å². The average Bonchev–Trinajstić information content (AvgIpc) is 3.02. The number of likely N-dealkylation sites (tertiary alicyclic amines) is 1. The van der Waals surface area contributed by atoms with Crippen LogP contribution < -0.4 is 0 Å². The second-order valence-corrected chi connectivity index (χ2v) is 8.87. The first-order chi connectivity index (χ1) is 11.8. The summed E-state index contributed by atoms with van der Waals surface area (Å²) in [5, 5.41) is 9.66. The minimum Gasteiger partial charge on any atom is -0.481 e. The molecule has 0 radical (unpaired) electrons. The minimum absolute atomic E-state index is 0.00473. The van der Waals surface area contributed by atoms with Crippen LogP contribution in [0.4, 0.5) is 0 Å². The maximum Gasteiger partial charge on any atom is 0.311 e. The van der Waals surface area contributed by atoms with Gasteiger partial charge in [-0.25, -0.2) is 8.42 Å². The Bertz CT molecular complexity index is 788. The molecular formula is C17H21NO6S. The molecule has 1 amide bonds. The van der Waals surface area contributed by atoms with Crippen LogP contribution in [-0.4, -0.2) is 62.4 Å². The monoisotopic (exact) mass is 367 g/mol. The number of benzene rings is 1. The smallest absolute Gasteiger partial charge is 0.311 e. The van der Waals surface area contributed by atoms with Gasteiger partial charge in [0.15, 0.2) is 9.84 Å². The minimum atomic E-state index is -3.32. The van der Waals surface area contributed by atoms with Crippen LogP contribution in [0.1, 0.15) is 23.7 Å². The van der Waals surface area contributed by atoms with Gasteiger partial charge in [-0.15, -0.1) is 0 Å². The quantitative estimate of drug-likeness (QED) is 0.853. The lowest BCUT2D eigenvalue weighted by Gasteiger charge is -2.33. The van der Waals surface area contributed by atoms with E-state index in [0.717, 1.165) is 0 Å². The highest BCUT2D eigenvalue weighted by molar-refractivity contribution is 7.91. The van der Waals surface area contributed by atoms with E-state index in [1.54, 1.807) is 6.92 Å². The van der Waals surface area contributed by atoms with E-state index in [1.807, 2.05) is 0 Å². The van der Waals surface area contributed by atoms with E-state index in [2.05, 4.69) is 0 Å². The first-order valence-electron chi connectivity index (χ1n) is 8.23. The van der Waals surface area contributed by atoms with E-state index in [1.165, 1.54) is 29.2 Å². The molecule has 2 saturated heterocycles. The molecule has 2 aliphatic rings. The molecule has 1 aromatic rings. The fourth-order valence-corrected chi connectivity index (χ4v) is 4.49. The van der Waals surface area contributed by atoms with Crippen molar-refractivity contribution >= 4 is 21.7 Å². The number of rotatable bonds is 4. The predicted octanol–water partition coefficient (Wildman–Crippen LogP) is 1.04. The average molecular weight is 367 g/mol. The van der Waals surface area contributed by atoms with E-state index in [9.17, 15) is 23.1 Å².